The van der Waals surface area contributed by atoms with Gasteiger partial charge in [-0.25, -0.2) is 13.1 Å². The van der Waals surface area contributed by atoms with E-state index in [9.17, 15) is 18.0 Å². The van der Waals surface area contributed by atoms with Crippen LogP contribution >= 0.6 is 0 Å². The molecular weight excluding hydrogens is 224 g/mol. The van der Waals surface area contributed by atoms with Crippen LogP contribution in [-0.4, -0.2) is 36.7 Å². The predicted octanol–water partition coefficient (Wildman–Crippen LogP) is -1.36. The summed E-state index contributed by atoms with van der Waals surface area (Å²) in [6.07, 6.45) is -0.203. The van der Waals surface area contributed by atoms with Gasteiger partial charge in [-0.1, -0.05) is 0 Å². The van der Waals surface area contributed by atoms with Gasteiger partial charge in [0.15, 0.2) is 5.75 Å². The Morgan fingerprint density at radius 1 is 1.40 bits per heavy atom. The van der Waals surface area contributed by atoms with Crippen LogP contribution in [0.1, 0.15) is 20.3 Å². The molecule has 0 aliphatic rings. The summed E-state index contributed by atoms with van der Waals surface area (Å²) >= 11 is 0. The van der Waals surface area contributed by atoms with E-state index in [2.05, 4.69) is 4.72 Å². The van der Waals surface area contributed by atoms with Crippen LogP contribution < -0.4 is 10.5 Å². The van der Waals surface area contributed by atoms with Crippen molar-refractivity contribution in [3.05, 3.63) is 0 Å². The third-order valence-electron chi connectivity index (χ3n) is 1.36. The summed E-state index contributed by atoms with van der Waals surface area (Å²) in [6, 6.07) is 0. The third kappa shape index (κ3) is 6.86. The number of carbonyl (C=O) groups excluding carboxylic acids is 1. The van der Waals surface area contributed by atoms with Crippen LogP contribution in [0.2, 0.25) is 0 Å². The topological polar surface area (TPSA) is 127 Å². The van der Waals surface area contributed by atoms with Crippen LogP contribution in [0.15, 0.2) is 0 Å². The lowest BCUT2D eigenvalue weighted by molar-refractivity contribution is -0.134. The van der Waals surface area contributed by atoms with Crippen molar-refractivity contribution in [3.63, 3.8) is 0 Å². The molecule has 0 heterocycles. The highest BCUT2D eigenvalue weighted by Gasteiger charge is 2.28. The van der Waals surface area contributed by atoms with Gasteiger partial charge < -0.3 is 10.8 Å². The highest BCUT2D eigenvalue weighted by molar-refractivity contribution is 7.90. The second kappa shape index (κ2) is 4.58. The van der Waals surface area contributed by atoms with E-state index in [4.69, 9.17) is 10.8 Å². The summed E-state index contributed by atoms with van der Waals surface area (Å²) in [5.74, 6) is -3.16. The van der Waals surface area contributed by atoms with Crippen LogP contribution in [0, 0.1) is 0 Å². The first-order valence-corrected chi connectivity index (χ1v) is 5.71. The molecule has 0 atom stereocenters. The summed E-state index contributed by atoms with van der Waals surface area (Å²) in [5, 5.41) is 8.32. The van der Waals surface area contributed by atoms with Crippen molar-refractivity contribution in [2.24, 2.45) is 5.73 Å². The molecule has 0 rings (SSSR count). The lowest BCUT2D eigenvalue weighted by atomic mass is 10.0. The van der Waals surface area contributed by atoms with Gasteiger partial charge in [0.05, 0.1) is 0 Å². The summed E-state index contributed by atoms with van der Waals surface area (Å²) < 4.78 is 24.5. The zero-order chi connectivity index (χ0) is 12.3. The molecule has 15 heavy (non-hydrogen) atoms. The van der Waals surface area contributed by atoms with Gasteiger partial charge in [0.1, 0.15) is 0 Å². The van der Waals surface area contributed by atoms with E-state index in [0.717, 1.165) is 0 Å². The number of primary amides is 1. The Kier molecular flexibility index (Phi) is 4.23. The maximum absolute atomic E-state index is 11.2. The van der Waals surface area contributed by atoms with E-state index in [1.807, 2.05) is 0 Å². The van der Waals surface area contributed by atoms with Crippen molar-refractivity contribution in [2.75, 3.05) is 5.75 Å². The third-order valence-corrected chi connectivity index (χ3v) is 2.85. The average Bonchev–Trinajstić information content (AvgIpc) is 1.73. The molecule has 0 aromatic carbocycles. The Morgan fingerprint density at radius 2 is 1.87 bits per heavy atom. The fraction of sp³-hybridized carbons (Fsp3) is 0.714. The van der Waals surface area contributed by atoms with Gasteiger partial charge in [0.25, 0.3) is 0 Å². The maximum atomic E-state index is 11.2. The van der Waals surface area contributed by atoms with Crippen LogP contribution in [-0.2, 0) is 19.6 Å². The summed E-state index contributed by atoms with van der Waals surface area (Å²) in [5.41, 5.74) is 3.83. The lowest BCUT2D eigenvalue weighted by Crippen LogP contribution is -2.47. The van der Waals surface area contributed by atoms with Crippen LogP contribution in [0.5, 0.6) is 0 Å². The van der Waals surface area contributed by atoms with Gasteiger partial charge in [0, 0.05) is 12.0 Å². The maximum Gasteiger partial charge on any atom is 0.320 e. The molecule has 0 spiro atoms. The second-order valence-corrected chi connectivity index (χ2v) is 5.50. The number of aliphatic carboxylic acids is 1. The van der Waals surface area contributed by atoms with Crippen molar-refractivity contribution < 1.29 is 23.1 Å². The van der Waals surface area contributed by atoms with Crippen molar-refractivity contribution in [1.82, 2.24) is 4.72 Å². The fourth-order valence-electron chi connectivity index (χ4n) is 1.09. The first-order valence-electron chi connectivity index (χ1n) is 4.06. The molecular formula is C7H14N2O5S. The molecule has 0 aliphatic carbocycles. The van der Waals surface area contributed by atoms with E-state index in [0.29, 0.717) is 0 Å². The molecule has 0 saturated heterocycles. The Balaban J connectivity index is 4.57. The van der Waals surface area contributed by atoms with Crippen molar-refractivity contribution in [1.29, 1.82) is 0 Å². The Labute approximate surface area is 87.7 Å². The summed E-state index contributed by atoms with van der Waals surface area (Å²) in [6.45, 7) is 2.88. The number of carboxylic acids is 1. The van der Waals surface area contributed by atoms with E-state index in [-0.39, 0.29) is 6.42 Å². The molecule has 8 heteroatoms. The van der Waals surface area contributed by atoms with E-state index < -0.39 is 33.2 Å². The van der Waals surface area contributed by atoms with Crippen molar-refractivity contribution in [3.8, 4) is 0 Å². The predicted molar refractivity (Wildman–Crippen MR) is 52.4 cm³/mol. The highest BCUT2D eigenvalue weighted by Crippen LogP contribution is 2.09. The molecule has 7 nitrogen and oxygen atoms in total. The molecule has 0 aromatic heterocycles. The van der Waals surface area contributed by atoms with Crippen LogP contribution in [0.3, 0.4) is 0 Å². The first-order chi connectivity index (χ1) is 6.54. The number of nitrogens with one attached hydrogen (secondary N) is 1. The average molecular weight is 238 g/mol. The van der Waals surface area contributed by atoms with E-state index in [1.54, 1.807) is 0 Å². The highest BCUT2D eigenvalue weighted by atomic mass is 32.2. The largest absolute Gasteiger partial charge is 0.480 e. The van der Waals surface area contributed by atoms with Crippen molar-refractivity contribution >= 4 is 21.9 Å². The van der Waals surface area contributed by atoms with Gasteiger partial charge in [-0.3, -0.25) is 9.59 Å². The molecule has 0 aromatic rings. The smallest absolute Gasteiger partial charge is 0.320 e. The molecule has 0 aliphatic heterocycles. The van der Waals surface area contributed by atoms with Crippen LogP contribution in [0.4, 0.5) is 0 Å². The lowest BCUT2D eigenvalue weighted by Gasteiger charge is -2.23. The summed E-state index contributed by atoms with van der Waals surface area (Å²) in [4.78, 5) is 20.8. The number of sulfonamides is 1. The molecule has 0 saturated carbocycles. The molecule has 88 valence electrons. The number of amides is 1. The number of carboxylic acid groups (broad SMARTS) is 1. The molecule has 4 N–H and O–H groups in total. The molecule has 0 fully saturated rings. The second-order valence-electron chi connectivity index (χ2n) is 3.78. The molecule has 0 radical (unpaired) electrons. The van der Waals surface area contributed by atoms with Crippen molar-refractivity contribution in [2.45, 2.75) is 25.8 Å². The van der Waals surface area contributed by atoms with E-state index >= 15 is 0 Å². The summed E-state index contributed by atoms with van der Waals surface area (Å²) in [7, 11) is -3.94. The SMILES string of the molecule is CC(C)(CC(N)=O)NS(=O)(=O)CC(=O)O. The minimum atomic E-state index is -3.94. The number of carbonyl (C=O) groups is 2. The normalized spacial score (nSPS) is 12.4. The van der Waals surface area contributed by atoms with Gasteiger partial charge in [-0.15, -0.1) is 0 Å². The van der Waals surface area contributed by atoms with Crippen LogP contribution in [0.25, 0.3) is 0 Å². The number of rotatable bonds is 6. The fourth-order valence-corrected chi connectivity index (χ4v) is 2.40. The minimum absolute atomic E-state index is 0.203. The molecule has 0 unspecified atom stereocenters. The quantitative estimate of drug-likeness (QED) is 0.527. The Bertz CT molecular complexity index is 360. The molecule has 0 bridgehead atoms. The van der Waals surface area contributed by atoms with Gasteiger partial charge in [0.2, 0.25) is 15.9 Å². The Morgan fingerprint density at radius 3 is 2.20 bits per heavy atom. The first kappa shape index (κ1) is 13.8. The monoisotopic (exact) mass is 238 g/mol. The minimum Gasteiger partial charge on any atom is -0.480 e. The van der Waals surface area contributed by atoms with Gasteiger partial charge >= 0.3 is 5.97 Å². The standard InChI is InChI=1S/C7H14N2O5S/c1-7(2,3-5(8)10)9-15(13,14)4-6(11)12/h9H,3-4H2,1-2H3,(H2,8,10)(H,11,12). The Hall–Kier alpha value is -1.15. The number of hydrogen-bond donors (Lipinski definition) is 3. The zero-order valence-corrected chi connectivity index (χ0v) is 9.30. The zero-order valence-electron chi connectivity index (χ0n) is 8.48. The number of nitrogens with two attached hydrogens (primary N) is 1. The molecule has 1 amide bonds. The van der Waals surface area contributed by atoms with Gasteiger partial charge in [-0.2, -0.15) is 0 Å². The van der Waals surface area contributed by atoms with Gasteiger partial charge in [-0.05, 0) is 13.8 Å². The van der Waals surface area contributed by atoms with E-state index in [1.165, 1.54) is 13.8 Å². The number of hydrogen-bond acceptors (Lipinski definition) is 4.